The van der Waals surface area contributed by atoms with E-state index in [0.29, 0.717) is 16.6 Å². The maximum Gasteiger partial charge on any atom is 0.387 e. The van der Waals surface area contributed by atoms with Crippen LogP contribution in [0.3, 0.4) is 0 Å². The van der Waals surface area contributed by atoms with Crippen LogP contribution in [-0.4, -0.2) is 10.4 Å². The lowest BCUT2D eigenvalue weighted by Gasteiger charge is -1.98. The van der Waals surface area contributed by atoms with Crippen molar-refractivity contribution in [3.8, 4) is 0 Å². The molecular formula is C16H13F2N2O+. The molecule has 0 N–H and O–H groups in total. The van der Waals surface area contributed by atoms with Crippen LogP contribution < -0.4 is 4.57 Å². The Labute approximate surface area is 120 Å². The second-order valence-electron chi connectivity index (χ2n) is 4.71. The zero-order valence-corrected chi connectivity index (χ0v) is 11.1. The van der Waals surface area contributed by atoms with Gasteiger partial charge in [-0.25, -0.2) is 4.57 Å². The minimum Gasteiger partial charge on any atom is -0.290 e. The Bertz CT molecular complexity index is 781. The van der Waals surface area contributed by atoms with Crippen molar-refractivity contribution >= 4 is 16.8 Å². The van der Waals surface area contributed by atoms with Gasteiger partial charge in [-0.05, 0) is 12.1 Å². The molecule has 0 atom stereocenters. The maximum atomic E-state index is 13.0. The normalized spacial score (nSPS) is 11.2. The highest BCUT2D eigenvalue weighted by Gasteiger charge is 2.23. The second kappa shape index (κ2) is 5.44. The van der Waals surface area contributed by atoms with Crippen LogP contribution in [0.25, 0.3) is 11.0 Å². The molecular weight excluding hydrogens is 274 g/mol. The van der Waals surface area contributed by atoms with Crippen LogP contribution in [0.1, 0.15) is 16.9 Å². The first kappa shape index (κ1) is 13.4. The quantitative estimate of drug-likeness (QED) is 0.534. The molecule has 0 bridgehead atoms. The van der Waals surface area contributed by atoms with E-state index in [0.717, 1.165) is 4.57 Å². The van der Waals surface area contributed by atoms with Gasteiger partial charge in [0.1, 0.15) is 0 Å². The van der Waals surface area contributed by atoms with Crippen molar-refractivity contribution in [2.24, 2.45) is 0 Å². The Morgan fingerprint density at radius 2 is 1.71 bits per heavy atom. The molecule has 5 heteroatoms. The number of Topliss-reactive ketones (excluding diaryl/α,β-unsaturated/α-hetero) is 1. The number of hydrogen-bond acceptors (Lipinski definition) is 1. The molecule has 0 fully saturated rings. The molecule has 2 aromatic carbocycles. The molecule has 1 heterocycles. The summed E-state index contributed by atoms with van der Waals surface area (Å²) in [6.45, 7) is -2.60. The summed E-state index contributed by atoms with van der Waals surface area (Å²) in [5.74, 6) is -0.113. The van der Waals surface area contributed by atoms with Crippen molar-refractivity contribution in [1.29, 1.82) is 0 Å². The molecule has 0 spiro atoms. The lowest BCUT2D eigenvalue weighted by molar-refractivity contribution is -0.658. The molecule has 3 nitrogen and oxygen atoms in total. The summed E-state index contributed by atoms with van der Waals surface area (Å²) in [5, 5.41) is 0. The number of rotatable bonds is 4. The van der Waals surface area contributed by atoms with Gasteiger partial charge in [0.15, 0.2) is 17.6 Å². The van der Waals surface area contributed by atoms with Gasteiger partial charge in [0.05, 0.1) is 0 Å². The van der Waals surface area contributed by atoms with Gasteiger partial charge in [0.2, 0.25) is 12.1 Å². The van der Waals surface area contributed by atoms with E-state index in [1.165, 1.54) is 6.33 Å². The number of hydrogen-bond donors (Lipinski definition) is 0. The van der Waals surface area contributed by atoms with Crippen LogP contribution in [0.5, 0.6) is 0 Å². The summed E-state index contributed by atoms with van der Waals surface area (Å²) in [6, 6.07) is 15.6. The van der Waals surface area contributed by atoms with E-state index in [4.69, 9.17) is 0 Å². The average Bonchev–Trinajstić information content (AvgIpc) is 2.87. The molecule has 1 aromatic heterocycles. The fourth-order valence-electron chi connectivity index (χ4n) is 2.35. The molecule has 0 radical (unpaired) electrons. The molecule has 106 valence electrons. The van der Waals surface area contributed by atoms with Gasteiger partial charge in [0, 0.05) is 5.56 Å². The smallest absolute Gasteiger partial charge is 0.290 e. The largest absolute Gasteiger partial charge is 0.387 e. The molecule has 0 aliphatic rings. The van der Waals surface area contributed by atoms with Crippen LogP contribution in [0.2, 0.25) is 0 Å². The first-order valence-electron chi connectivity index (χ1n) is 6.52. The van der Waals surface area contributed by atoms with Crippen molar-refractivity contribution in [2.45, 2.75) is 13.1 Å². The van der Waals surface area contributed by atoms with Gasteiger partial charge in [-0.2, -0.15) is 13.3 Å². The van der Waals surface area contributed by atoms with Crippen molar-refractivity contribution < 1.29 is 18.1 Å². The molecule has 3 rings (SSSR count). The van der Waals surface area contributed by atoms with Crippen LogP contribution >= 0.6 is 0 Å². The van der Waals surface area contributed by atoms with Gasteiger partial charge in [-0.1, -0.05) is 42.5 Å². The summed E-state index contributed by atoms with van der Waals surface area (Å²) >= 11 is 0. The van der Waals surface area contributed by atoms with E-state index in [-0.39, 0.29) is 12.3 Å². The number of aromatic nitrogens is 2. The minimum atomic E-state index is -2.64. The number of para-hydroxylation sites is 2. The van der Waals surface area contributed by atoms with Crippen molar-refractivity contribution in [2.75, 3.05) is 0 Å². The molecule has 0 aliphatic carbocycles. The topological polar surface area (TPSA) is 25.9 Å². The van der Waals surface area contributed by atoms with Gasteiger partial charge >= 0.3 is 6.55 Å². The number of nitrogens with zero attached hydrogens (tertiary/aromatic N) is 2. The highest BCUT2D eigenvalue weighted by molar-refractivity contribution is 5.95. The van der Waals surface area contributed by atoms with E-state index in [9.17, 15) is 13.6 Å². The van der Waals surface area contributed by atoms with Gasteiger partial charge in [-0.15, -0.1) is 0 Å². The number of halogens is 2. The zero-order valence-electron chi connectivity index (χ0n) is 11.1. The Morgan fingerprint density at radius 3 is 2.43 bits per heavy atom. The molecule has 0 saturated heterocycles. The van der Waals surface area contributed by atoms with Crippen LogP contribution in [0.4, 0.5) is 8.78 Å². The molecule has 0 unspecified atom stereocenters. The first-order chi connectivity index (χ1) is 10.2. The molecule has 21 heavy (non-hydrogen) atoms. The first-order valence-corrected chi connectivity index (χ1v) is 6.52. The number of alkyl halides is 2. The van der Waals surface area contributed by atoms with E-state index in [1.807, 2.05) is 6.07 Å². The number of benzene rings is 2. The standard InChI is InChI=1S/C16H13F2N2O/c17-16(18)20-11-19(13-8-4-5-9-14(13)20)10-15(21)12-6-2-1-3-7-12/h1-9,11,16H,10H2/q+1. The second-order valence-corrected chi connectivity index (χ2v) is 4.71. The third-order valence-corrected chi connectivity index (χ3v) is 3.35. The maximum absolute atomic E-state index is 13.0. The fraction of sp³-hybridized carbons (Fsp3) is 0.125. The van der Waals surface area contributed by atoms with Crippen molar-refractivity contribution in [3.63, 3.8) is 0 Å². The predicted molar refractivity (Wildman–Crippen MR) is 74.2 cm³/mol. The lowest BCUT2D eigenvalue weighted by atomic mass is 10.1. The Hall–Kier alpha value is -2.56. The third-order valence-electron chi connectivity index (χ3n) is 3.35. The Kier molecular flexibility index (Phi) is 3.48. The van der Waals surface area contributed by atoms with Crippen molar-refractivity contribution in [3.05, 3.63) is 66.5 Å². The molecule has 0 amide bonds. The van der Waals surface area contributed by atoms with Crippen LogP contribution in [-0.2, 0) is 6.54 Å². The van der Waals surface area contributed by atoms with E-state index >= 15 is 0 Å². The van der Waals surface area contributed by atoms with Gasteiger partial charge in [-0.3, -0.25) is 4.79 Å². The van der Waals surface area contributed by atoms with Gasteiger partial charge < -0.3 is 0 Å². The highest BCUT2D eigenvalue weighted by Crippen LogP contribution is 2.18. The zero-order chi connectivity index (χ0) is 14.8. The number of imidazole rings is 1. The number of carbonyl (C=O) groups is 1. The van der Waals surface area contributed by atoms with Crippen LogP contribution in [0.15, 0.2) is 60.9 Å². The Morgan fingerprint density at radius 1 is 1.05 bits per heavy atom. The van der Waals surface area contributed by atoms with Crippen molar-refractivity contribution in [1.82, 2.24) is 4.57 Å². The van der Waals surface area contributed by atoms with E-state index in [2.05, 4.69) is 0 Å². The number of fused-ring (bicyclic) bond motifs is 1. The molecule has 0 aliphatic heterocycles. The Balaban J connectivity index is 2.00. The summed E-state index contributed by atoms with van der Waals surface area (Å²) in [6.07, 6.45) is 1.29. The molecule has 0 saturated carbocycles. The monoisotopic (exact) mass is 287 g/mol. The number of carbonyl (C=O) groups excluding carboxylic acids is 1. The number of ketones is 1. The average molecular weight is 287 g/mol. The molecule has 3 aromatic rings. The summed E-state index contributed by atoms with van der Waals surface area (Å²) in [4.78, 5) is 12.2. The van der Waals surface area contributed by atoms with E-state index in [1.54, 1.807) is 53.1 Å². The lowest BCUT2D eigenvalue weighted by Crippen LogP contribution is -2.36. The summed E-state index contributed by atoms with van der Waals surface area (Å²) in [5.41, 5.74) is 1.59. The summed E-state index contributed by atoms with van der Waals surface area (Å²) in [7, 11) is 0. The highest BCUT2D eigenvalue weighted by atomic mass is 19.3. The SMILES string of the molecule is O=C(C[n+]1cn(C(F)F)c2ccccc21)c1ccccc1. The predicted octanol–water partition coefficient (Wildman–Crippen LogP) is 3.21. The fourth-order valence-corrected chi connectivity index (χ4v) is 2.35. The minimum absolute atomic E-state index is 0.0320. The van der Waals surface area contributed by atoms with Crippen LogP contribution in [0, 0.1) is 0 Å². The van der Waals surface area contributed by atoms with E-state index < -0.39 is 6.55 Å². The third kappa shape index (κ3) is 2.54. The summed E-state index contributed by atoms with van der Waals surface area (Å²) < 4.78 is 28.5. The van der Waals surface area contributed by atoms with Gasteiger partial charge in [0.25, 0.3) is 0 Å².